The highest BCUT2D eigenvalue weighted by Crippen LogP contribution is 2.43. The Labute approximate surface area is 392 Å². The third-order valence-electron chi connectivity index (χ3n) is 14.7. The van der Waals surface area contributed by atoms with Gasteiger partial charge < -0.3 is 9.64 Å². The van der Waals surface area contributed by atoms with Gasteiger partial charge in [0.25, 0.3) is 5.91 Å². The van der Waals surface area contributed by atoms with Crippen LogP contribution in [0.4, 0.5) is 4.79 Å². The number of nitrogens with zero attached hydrogens (tertiary/aromatic N) is 3. The maximum absolute atomic E-state index is 13.3. The summed E-state index contributed by atoms with van der Waals surface area (Å²) in [4.78, 5) is 55.7. The monoisotopic (exact) mass is 893 g/mol. The summed E-state index contributed by atoms with van der Waals surface area (Å²) in [6, 6.07) is 8.92. The minimum absolute atomic E-state index is 0.0135. The zero-order valence-corrected chi connectivity index (χ0v) is 43.1. The fourth-order valence-electron chi connectivity index (χ4n) is 11.5. The Balaban J connectivity index is 0.000000604. The Hall–Kier alpha value is -2.78. The smallest absolute Gasteiger partial charge is 0.325 e. The molecule has 0 aromatic heterocycles. The molecular formula is C55H96N4O5. The van der Waals surface area contributed by atoms with Crippen LogP contribution in [-0.2, 0) is 25.7 Å². The minimum Gasteiger partial charge on any atom is -0.462 e. The van der Waals surface area contributed by atoms with E-state index in [-0.39, 0.29) is 58.1 Å². The number of amides is 3. The molecule has 0 saturated carbocycles. The van der Waals surface area contributed by atoms with Gasteiger partial charge in [-0.1, -0.05) is 134 Å². The van der Waals surface area contributed by atoms with Crippen LogP contribution < -0.4 is 5.32 Å². The number of carbonyl (C=O) groups excluding carboxylic acids is 4. The molecule has 9 heteroatoms. The van der Waals surface area contributed by atoms with Crippen LogP contribution in [0, 0.1) is 5.92 Å². The molecule has 1 aromatic rings. The topological polar surface area (TPSA) is 99.3 Å². The van der Waals surface area contributed by atoms with Gasteiger partial charge in [-0.25, -0.2) is 4.79 Å². The van der Waals surface area contributed by atoms with E-state index < -0.39 is 0 Å². The lowest BCUT2D eigenvalue weighted by Gasteiger charge is -2.55. The first-order valence-electron chi connectivity index (χ1n) is 26.2. The van der Waals surface area contributed by atoms with Gasteiger partial charge in [-0.05, 0) is 119 Å². The quantitative estimate of drug-likeness (QED) is 0.0533. The van der Waals surface area contributed by atoms with Crippen molar-refractivity contribution in [2.75, 3.05) is 13.1 Å². The van der Waals surface area contributed by atoms with Gasteiger partial charge in [0.15, 0.2) is 0 Å². The van der Waals surface area contributed by atoms with Crippen LogP contribution in [0.3, 0.4) is 0 Å². The molecule has 9 nitrogen and oxygen atoms in total. The van der Waals surface area contributed by atoms with E-state index in [4.69, 9.17) is 4.74 Å². The van der Waals surface area contributed by atoms with Crippen molar-refractivity contribution in [2.45, 2.75) is 271 Å². The molecule has 3 aliphatic heterocycles. The lowest BCUT2D eigenvalue weighted by Crippen LogP contribution is -2.62. The number of Topliss-reactive ketones (excluding diaryl/α,β-unsaturated/α-hetero) is 1. The first-order chi connectivity index (χ1) is 30.2. The summed E-state index contributed by atoms with van der Waals surface area (Å²) in [6.45, 7) is 27.8. The number of hydrogen-bond acceptors (Lipinski definition) is 7. The first kappa shape index (κ1) is 55.5. The van der Waals surface area contributed by atoms with Gasteiger partial charge in [0.05, 0.1) is 0 Å². The number of hydrogen-bond donors (Lipinski definition) is 1. The highest BCUT2D eigenvalue weighted by molar-refractivity contribution is 6.03. The van der Waals surface area contributed by atoms with E-state index in [9.17, 15) is 19.2 Å². The molecule has 0 aliphatic carbocycles. The number of ketones is 1. The number of likely N-dealkylation sites (tertiary alicyclic amines) is 2. The molecule has 64 heavy (non-hydrogen) atoms. The highest BCUT2D eigenvalue weighted by Gasteiger charge is 2.47. The number of carbonyl (C=O) groups is 4. The van der Waals surface area contributed by atoms with E-state index in [0.29, 0.717) is 18.7 Å². The van der Waals surface area contributed by atoms with E-state index in [1.54, 1.807) is 6.92 Å². The van der Waals surface area contributed by atoms with Crippen LogP contribution in [0.1, 0.15) is 236 Å². The summed E-state index contributed by atoms with van der Waals surface area (Å²) in [5.74, 6) is 0.439. The van der Waals surface area contributed by atoms with Crippen molar-refractivity contribution in [1.82, 2.24) is 20.0 Å². The van der Waals surface area contributed by atoms with Gasteiger partial charge in [-0.15, -0.1) is 0 Å². The number of unbranched alkanes of at least 4 members (excludes halogenated alkanes) is 15. The molecule has 3 heterocycles. The molecule has 1 aromatic carbocycles. The second-order valence-electron chi connectivity index (χ2n) is 22.4. The Morgan fingerprint density at radius 2 is 1.02 bits per heavy atom. The van der Waals surface area contributed by atoms with E-state index in [1.807, 2.05) is 30.3 Å². The molecule has 1 atom stereocenters. The average molecular weight is 893 g/mol. The summed E-state index contributed by atoms with van der Waals surface area (Å²) in [5, 5.41) is 2.28. The van der Waals surface area contributed by atoms with Gasteiger partial charge in [-0.2, -0.15) is 0 Å². The molecule has 0 spiro atoms. The number of imide groups is 1. The van der Waals surface area contributed by atoms with E-state index >= 15 is 0 Å². The van der Waals surface area contributed by atoms with E-state index in [0.717, 1.165) is 89.3 Å². The van der Waals surface area contributed by atoms with Gasteiger partial charge in [0.1, 0.15) is 17.9 Å². The predicted octanol–water partition coefficient (Wildman–Crippen LogP) is 13.4. The zero-order valence-electron chi connectivity index (χ0n) is 43.1. The lowest BCUT2D eigenvalue weighted by molar-refractivity contribution is -0.160. The Bertz CT molecular complexity index is 1500. The third-order valence-corrected chi connectivity index (χ3v) is 14.7. The predicted molar refractivity (Wildman–Crippen MR) is 265 cm³/mol. The minimum atomic E-state index is -0.377. The van der Waals surface area contributed by atoms with Crippen LogP contribution in [0.5, 0.6) is 0 Å². The summed E-state index contributed by atoms with van der Waals surface area (Å²) in [6.07, 6.45) is 27.4. The summed E-state index contributed by atoms with van der Waals surface area (Å²) in [5.41, 5.74) is 1.24. The molecule has 4 rings (SSSR count). The van der Waals surface area contributed by atoms with Gasteiger partial charge in [0, 0.05) is 60.3 Å². The number of nitrogens with one attached hydrogen (secondary N) is 1. The van der Waals surface area contributed by atoms with Crippen molar-refractivity contribution in [2.24, 2.45) is 5.92 Å². The van der Waals surface area contributed by atoms with Crippen molar-refractivity contribution in [3.63, 3.8) is 0 Å². The maximum Gasteiger partial charge on any atom is 0.325 e. The second-order valence-corrected chi connectivity index (χ2v) is 22.4. The standard InChI is InChI=1S/C44H84N2O3.C11H12N2O2/c1-11-13-15-17-23-27-31-45-41(3,4)33-37(34-42(45,5)6)39(47)29-25-21-19-20-22-26-30-40(48)49-38-35-43(7,8)46(44(9,10)36-38)32-28-24-18-16-14-12-2;1-8-10(14)12-11(15)13(8)7-9-5-3-2-4-6-9/h37-38H,11-36H2,1-10H3;2-6,8H,7H2,1H3,(H,12,14,15). The maximum atomic E-state index is 13.3. The second kappa shape index (κ2) is 27.1. The van der Waals surface area contributed by atoms with E-state index in [1.165, 1.54) is 81.9 Å². The molecule has 366 valence electrons. The fourth-order valence-corrected chi connectivity index (χ4v) is 11.5. The van der Waals surface area contributed by atoms with Crippen LogP contribution >= 0.6 is 0 Å². The van der Waals surface area contributed by atoms with Gasteiger partial charge in [-0.3, -0.25) is 29.5 Å². The number of benzene rings is 1. The SMILES string of the molecule is CC1C(=O)NC(=O)N1Cc1ccccc1.CCCCCCCCN1C(C)(C)CC(OC(=O)CCCCCCCCC(=O)C2CC(C)(C)N(CCCCCCCC)C(C)(C)C2)CC1(C)C. The first-order valence-corrected chi connectivity index (χ1v) is 26.2. The van der Waals surface area contributed by atoms with E-state index in [2.05, 4.69) is 84.4 Å². The summed E-state index contributed by atoms with van der Waals surface area (Å²) >= 11 is 0. The van der Waals surface area contributed by atoms with Crippen molar-refractivity contribution in [3.8, 4) is 0 Å². The summed E-state index contributed by atoms with van der Waals surface area (Å²) < 4.78 is 6.08. The average Bonchev–Trinajstić information content (AvgIpc) is 3.45. The number of ether oxygens (including phenoxy) is 1. The molecular weight excluding hydrogens is 797 g/mol. The zero-order chi connectivity index (χ0) is 47.4. The molecule has 0 bridgehead atoms. The largest absolute Gasteiger partial charge is 0.462 e. The highest BCUT2D eigenvalue weighted by atomic mass is 16.5. The van der Waals surface area contributed by atoms with Crippen molar-refractivity contribution in [1.29, 1.82) is 0 Å². The molecule has 1 unspecified atom stereocenters. The summed E-state index contributed by atoms with van der Waals surface area (Å²) in [7, 11) is 0. The van der Waals surface area contributed by atoms with Crippen LogP contribution in [-0.4, -0.2) is 85.8 Å². The van der Waals surface area contributed by atoms with Gasteiger partial charge in [0.2, 0.25) is 0 Å². The molecule has 3 aliphatic rings. The molecule has 0 radical (unpaired) electrons. The van der Waals surface area contributed by atoms with Crippen molar-refractivity contribution in [3.05, 3.63) is 35.9 Å². The fraction of sp³-hybridized carbons (Fsp3) is 0.818. The molecule has 3 amide bonds. The Morgan fingerprint density at radius 1 is 0.594 bits per heavy atom. The Morgan fingerprint density at radius 3 is 1.47 bits per heavy atom. The number of esters is 1. The number of rotatable bonds is 27. The van der Waals surface area contributed by atoms with Crippen molar-refractivity contribution < 1.29 is 23.9 Å². The van der Waals surface area contributed by atoms with Crippen LogP contribution in [0.25, 0.3) is 0 Å². The molecule has 3 fully saturated rings. The third kappa shape index (κ3) is 18.5. The van der Waals surface area contributed by atoms with Crippen LogP contribution in [0.2, 0.25) is 0 Å². The van der Waals surface area contributed by atoms with Crippen molar-refractivity contribution >= 4 is 23.7 Å². The normalized spacial score (nSPS) is 21.0. The van der Waals surface area contributed by atoms with Crippen LogP contribution in [0.15, 0.2) is 30.3 Å². The Kier molecular flexibility index (Phi) is 23.6. The molecule has 1 N–H and O–H groups in total. The molecule has 3 saturated heterocycles. The van der Waals surface area contributed by atoms with Gasteiger partial charge >= 0.3 is 12.0 Å². The number of piperidine rings is 2. The lowest BCUT2D eigenvalue weighted by atomic mass is 9.71. The number of urea groups is 1.